The average Bonchev–Trinajstić information content (AvgIpc) is 2.43. The summed E-state index contributed by atoms with van der Waals surface area (Å²) in [5, 5.41) is 6.96. The van der Waals surface area contributed by atoms with Crippen LogP contribution in [0.15, 0.2) is 6.20 Å². The number of amides is 1. The van der Waals surface area contributed by atoms with Gasteiger partial charge in [-0.05, 0) is 12.8 Å². The summed E-state index contributed by atoms with van der Waals surface area (Å²) in [7, 11) is 1.80. The summed E-state index contributed by atoms with van der Waals surface area (Å²) in [6.45, 7) is 5.67. The van der Waals surface area contributed by atoms with Crippen LogP contribution in [0.5, 0.6) is 0 Å². The third kappa shape index (κ3) is 3.26. The quantitative estimate of drug-likeness (QED) is 0.793. The lowest BCUT2D eigenvalue weighted by molar-refractivity contribution is -0.118. The summed E-state index contributed by atoms with van der Waals surface area (Å²) in [4.78, 5) is 12.3. The third-order valence-corrected chi connectivity index (χ3v) is 2.78. The van der Waals surface area contributed by atoms with Gasteiger partial charge >= 0.3 is 0 Å². The number of aryl methyl sites for hydroxylation is 2. The second-order valence-corrected chi connectivity index (χ2v) is 4.89. The van der Waals surface area contributed by atoms with Gasteiger partial charge in [0.25, 0.3) is 0 Å². The zero-order valence-corrected chi connectivity index (χ0v) is 11.3. The lowest BCUT2D eigenvalue weighted by atomic mass is 9.95. The van der Waals surface area contributed by atoms with Crippen LogP contribution in [0.3, 0.4) is 0 Å². The molecule has 0 radical (unpaired) electrons. The van der Waals surface area contributed by atoms with Crippen molar-refractivity contribution in [3.8, 4) is 0 Å². The van der Waals surface area contributed by atoms with E-state index >= 15 is 0 Å². The molecule has 94 valence electrons. The number of nitrogens with zero attached hydrogens (tertiary/aromatic N) is 2. The second-order valence-electron chi connectivity index (χ2n) is 4.42. The highest BCUT2D eigenvalue weighted by atomic mass is 32.1. The van der Waals surface area contributed by atoms with Gasteiger partial charge in [0.1, 0.15) is 0 Å². The van der Waals surface area contributed by atoms with Crippen molar-refractivity contribution in [1.29, 1.82) is 0 Å². The van der Waals surface area contributed by atoms with Crippen molar-refractivity contribution in [3.05, 3.63) is 11.9 Å². The van der Waals surface area contributed by atoms with Crippen molar-refractivity contribution in [2.24, 2.45) is 24.6 Å². The summed E-state index contributed by atoms with van der Waals surface area (Å²) in [6.07, 6.45) is 1.75. The molecule has 0 bridgehead atoms. The van der Waals surface area contributed by atoms with Crippen molar-refractivity contribution in [2.75, 3.05) is 5.32 Å². The average molecular weight is 254 g/mol. The molecule has 0 aliphatic carbocycles. The van der Waals surface area contributed by atoms with Crippen LogP contribution in [0.1, 0.15) is 19.5 Å². The molecular formula is C11H18N4OS. The summed E-state index contributed by atoms with van der Waals surface area (Å²) >= 11 is 4.92. The van der Waals surface area contributed by atoms with Gasteiger partial charge in [0.15, 0.2) is 0 Å². The van der Waals surface area contributed by atoms with Crippen molar-refractivity contribution >= 4 is 28.8 Å². The number of nitrogens with one attached hydrogen (secondary N) is 1. The Kier molecular flexibility index (Phi) is 4.22. The Morgan fingerprint density at radius 2 is 2.18 bits per heavy atom. The van der Waals surface area contributed by atoms with E-state index in [0.717, 1.165) is 5.69 Å². The van der Waals surface area contributed by atoms with E-state index in [1.54, 1.807) is 17.9 Å². The van der Waals surface area contributed by atoms with Crippen molar-refractivity contribution in [1.82, 2.24) is 9.78 Å². The molecule has 1 aromatic rings. The van der Waals surface area contributed by atoms with Gasteiger partial charge in [-0.2, -0.15) is 5.10 Å². The van der Waals surface area contributed by atoms with E-state index in [1.807, 2.05) is 20.8 Å². The fraction of sp³-hybridized carbons (Fsp3) is 0.545. The number of anilines is 1. The minimum Gasteiger partial charge on any atom is -0.393 e. The number of carbonyl (C=O) groups is 1. The van der Waals surface area contributed by atoms with Gasteiger partial charge in [-0.25, -0.2) is 0 Å². The third-order valence-electron chi connectivity index (χ3n) is 2.53. The molecule has 1 aromatic heterocycles. The zero-order valence-electron chi connectivity index (χ0n) is 10.5. The molecule has 0 aliphatic heterocycles. The first-order valence-electron chi connectivity index (χ1n) is 5.43. The fourth-order valence-corrected chi connectivity index (χ4v) is 2.07. The van der Waals surface area contributed by atoms with Crippen LogP contribution in [-0.4, -0.2) is 20.7 Å². The normalized spacial score (nSPS) is 12.5. The number of aromatic nitrogens is 2. The Balaban J connectivity index is 2.84. The Hall–Kier alpha value is -1.43. The molecule has 3 N–H and O–H groups in total. The van der Waals surface area contributed by atoms with Crippen molar-refractivity contribution < 1.29 is 4.79 Å². The summed E-state index contributed by atoms with van der Waals surface area (Å²) in [5.74, 6) is -0.558. The fourth-order valence-electron chi connectivity index (χ4n) is 1.69. The standard InChI is InChI=1S/C11H18N4OS/c1-6(2)9(10(12)17)11(16)13-8-5-15(4)14-7(8)3/h5-6,9H,1-4H3,(H2,12,17)(H,13,16). The highest BCUT2D eigenvalue weighted by molar-refractivity contribution is 7.80. The number of carbonyl (C=O) groups excluding carboxylic acids is 1. The SMILES string of the molecule is Cc1nn(C)cc1NC(=O)C(C(N)=S)C(C)C. The number of hydrogen-bond donors (Lipinski definition) is 2. The van der Waals surface area contributed by atoms with Crippen LogP contribution in [0.4, 0.5) is 5.69 Å². The van der Waals surface area contributed by atoms with E-state index in [4.69, 9.17) is 18.0 Å². The van der Waals surface area contributed by atoms with E-state index < -0.39 is 5.92 Å². The first-order valence-corrected chi connectivity index (χ1v) is 5.84. The van der Waals surface area contributed by atoms with E-state index in [9.17, 15) is 4.79 Å². The van der Waals surface area contributed by atoms with Gasteiger partial charge in [-0.3, -0.25) is 9.48 Å². The lowest BCUT2D eigenvalue weighted by Gasteiger charge is -2.18. The van der Waals surface area contributed by atoms with E-state index in [0.29, 0.717) is 5.69 Å². The van der Waals surface area contributed by atoms with Crippen LogP contribution in [0, 0.1) is 18.8 Å². The molecule has 0 saturated heterocycles. The Labute approximate surface area is 106 Å². The predicted molar refractivity (Wildman–Crippen MR) is 71.7 cm³/mol. The minimum atomic E-state index is -0.454. The maximum Gasteiger partial charge on any atom is 0.234 e. The molecule has 1 rings (SSSR count). The number of hydrogen-bond acceptors (Lipinski definition) is 3. The summed E-state index contributed by atoms with van der Waals surface area (Å²) in [6, 6.07) is 0. The van der Waals surface area contributed by atoms with Crippen LogP contribution < -0.4 is 11.1 Å². The maximum absolute atomic E-state index is 12.0. The van der Waals surface area contributed by atoms with E-state index in [2.05, 4.69) is 10.4 Å². The van der Waals surface area contributed by atoms with Crippen LogP contribution in [-0.2, 0) is 11.8 Å². The van der Waals surface area contributed by atoms with E-state index in [-0.39, 0.29) is 16.8 Å². The minimum absolute atomic E-state index is 0.0736. The second kappa shape index (κ2) is 5.27. The van der Waals surface area contributed by atoms with Gasteiger partial charge in [0.2, 0.25) is 5.91 Å². The molecule has 1 atom stereocenters. The van der Waals surface area contributed by atoms with Crippen LogP contribution >= 0.6 is 12.2 Å². The molecule has 0 fully saturated rings. The highest BCUT2D eigenvalue weighted by Gasteiger charge is 2.25. The molecule has 0 saturated carbocycles. The Morgan fingerprint density at radius 3 is 2.53 bits per heavy atom. The van der Waals surface area contributed by atoms with Gasteiger partial charge in [-0.15, -0.1) is 0 Å². The summed E-state index contributed by atoms with van der Waals surface area (Å²) in [5.41, 5.74) is 7.05. The zero-order chi connectivity index (χ0) is 13.2. The first kappa shape index (κ1) is 13.6. The molecule has 1 amide bonds. The smallest absolute Gasteiger partial charge is 0.234 e. The van der Waals surface area contributed by atoms with E-state index in [1.165, 1.54) is 0 Å². The topological polar surface area (TPSA) is 72.9 Å². The van der Waals surface area contributed by atoms with Gasteiger partial charge in [-0.1, -0.05) is 26.1 Å². The Morgan fingerprint density at radius 1 is 1.59 bits per heavy atom. The van der Waals surface area contributed by atoms with Crippen LogP contribution in [0.25, 0.3) is 0 Å². The molecule has 0 spiro atoms. The highest BCUT2D eigenvalue weighted by Crippen LogP contribution is 2.17. The largest absolute Gasteiger partial charge is 0.393 e. The predicted octanol–water partition coefficient (Wildman–Crippen LogP) is 1.23. The maximum atomic E-state index is 12.0. The number of nitrogens with two attached hydrogens (primary N) is 1. The van der Waals surface area contributed by atoms with Crippen molar-refractivity contribution in [2.45, 2.75) is 20.8 Å². The molecule has 17 heavy (non-hydrogen) atoms. The van der Waals surface area contributed by atoms with Crippen LogP contribution in [0.2, 0.25) is 0 Å². The molecular weight excluding hydrogens is 236 g/mol. The molecule has 1 unspecified atom stereocenters. The number of thiocarbonyl (C=S) groups is 1. The molecule has 1 heterocycles. The monoisotopic (exact) mass is 254 g/mol. The first-order chi connectivity index (χ1) is 7.82. The van der Waals surface area contributed by atoms with Gasteiger partial charge in [0, 0.05) is 13.2 Å². The van der Waals surface area contributed by atoms with Gasteiger partial charge in [0.05, 0.1) is 22.3 Å². The van der Waals surface area contributed by atoms with Gasteiger partial charge < -0.3 is 11.1 Å². The molecule has 5 nitrogen and oxygen atoms in total. The molecule has 0 aromatic carbocycles. The Bertz CT molecular complexity index is 439. The molecule has 0 aliphatic rings. The lowest BCUT2D eigenvalue weighted by Crippen LogP contribution is -2.36. The summed E-state index contributed by atoms with van der Waals surface area (Å²) < 4.78 is 1.65. The number of rotatable bonds is 4. The van der Waals surface area contributed by atoms with Crippen molar-refractivity contribution in [3.63, 3.8) is 0 Å². The molecule has 6 heteroatoms.